The fourth-order valence-corrected chi connectivity index (χ4v) is 4.29. The summed E-state index contributed by atoms with van der Waals surface area (Å²) >= 11 is 0. The van der Waals surface area contributed by atoms with Gasteiger partial charge in [-0.1, -0.05) is 54.6 Å². The van der Waals surface area contributed by atoms with Gasteiger partial charge in [0, 0.05) is 26.1 Å². The van der Waals surface area contributed by atoms with E-state index in [0.717, 1.165) is 24.0 Å². The van der Waals surface area contributed by atoms with Crippen molar-refractivity contribution in [1.82, 2.24) is 4.90 Å². The van der Waals surface area contributed by atoms with Crippen molar-refractivity contribution in [3.63, 3.8) is 0 Å². The normalized spacial score (nSPS) is 17.0. The zero-order chi connectivity index (χ0) is 20.8. The highest BCUT2D eigenvalue weighted by molar-refractivity contribution is 5.73. The lowest BCUT2D eigenvalue weighted by atomic mass is 9.80. The second-order valence-electron chi connectivity index (χ2n) is 8.05. The number of amides is 1. The maximum atomic E-state index is 11.9. The maximum Gasteiger partial charge on any atom is 0.306 e. The molecule has 0 radical (unpaired) electrons. The molecule has 5 heteroatoms. The first-order chi connectivity index (χ1) is 13.9. The zero-order valence-electron chi connectivity index (χ0n) is 17.0. The molecule has 2 aromatic carbocycles. The average Bonchev–Trinajstić information content (AvgIpc) is 2.73. The molecule has 0 saturated carbocycles. The summed E-state index contributed by atoms with van der Waals surface area (Å²) in [5.74, 6) is -1.09. The molecule has 2 unspecified atom stereocenters. The van der Waals surface area contributed by atoms with Crippen molar-refractivity contribution in [3.8, 4) is 11.1 Å². The molecule has 3 rings (SSSR count). The van der Waals surface area contributed by atoms with Crippen molar-refractivity contribution < 1.29 is 14.7 Å². The van der Waals surface area contributed by atoms with E-state index in [2.05, 4.69) is 36.4 Å². The number of nitrogens with two attached hydrogens (primary N) is 1. The number of benzene rings is 2. The van der Waals surface area contributed by atoms with Crippen LogP contribution >= 0.6 is 0 Å². The van der Waals surface area contributed by atoms with Crippen LogP contribution in [0.2, 0.25) is 0 Å². The summed E-state index contributed by atoms with van der Waals surface area (Å²) in [6, 6.07) is 18.3. The molecule has 2 atom stereocenters. The number of nitrogens with zero attached hydrogens (tertiary/aromatic N) is 1. The Morgan fingerprint density at radius 1 is 1.03 bits per heavy atom. The number of hydrogen-bond acceptors (Lipinski definition) is 3. The van der Waals surface area contributed by atoms with Gasteiger partial charge in [0.25, 0.3) is 0 Å². The van der Waals surface area contributed by atoms with Crippen molar-refractivity contribution in [2.75, 3.05) is 13.1 Å². The second kappa shape index (κ2) is 9.70. The molecule has 154 valence electrons. The van der Waals surface area contributed by atoms with Crippen molar-refractivity contribution in [3.05, 3.63) is 60.2 Å². The van der Waals surface area contributed by atoms with E-state index in [9.17, 15) is 14.7 Å². The number of rotatable bonds is 7. The monoisotopic (exact) mass is 394 g/mol. The lowest BCUT2D eigenvalue weighted by molar-refractivity contribution is -0.145. The van der Waals surface area contributed by atoms with E-state index in [1.807, 2.05) is 18.2 Å². The summed E-state index contributed by atoms with van der Waals surface area (Å²) < 4.78 is 0. The van der Waals surface area contributed by atoms with Gasteiger partial charge in [0.05, 0.1) is 5.92 Å². The first-order valence-corrected chi connectivity index (χ1v) is 10.3. The Balaban J connectivity index is 1.57. The van der Waals surface area contributed by atoms with Crippen molar-refractivity contribution in [2.24, 2.45) is 17.6 Å². The van der Waals surface area contributed by atoms with Gasteiger partial charge >= 0.3 is 5.97 Å². The van der Waals surface area contributed by atoms with Crippen LogP contribution in [-0.2, 0) is 16.0 Å². The van der Waals surface area contributed by atoms with Gasteiger partial charge in [0.2, 0.25) is 5.91 Å². The number of likely N-dealkylation sites (tertiary alicyclic amines) is 1. The Bertz CT molecular complexity index is 812. The number of carboxylic acid groups (broad SMARTS) is 1. The minimum absolute atomic E-state index is 0.0611. The molecule has 1 heterocycles. The summed E-state index contributed by atoms with van der Waals surface area (Å²) in [6.07, 6.45) is 2.58. The van der Waals surface area contributed by atoms with Gasteiger partial charge in [0.15, 0.2) is 0 Å². The minimum atomic E-state index is -0.777. The number of carboxylic acids is 1. The standard InChI is InChI=1S/C24H30N2O3/c1-17(27)26-13-11-21(12-14-26)23(24(28)29)16-22(25)15-18-7-9-20(10-8-18)19-5-3-2-4-6-19/h2-10,21-23H,11-16,25H2,1H3,(H,28,29). The summed E-state index contributed by atoms with van der Waals surface area (Å²) in [7, 11) is 0. The number of carbonyl (C=O) groups excluding carboxylic acids is 1. The summed E-state index contributed by atoms with van der Waals surface area (Å²) in [6.45, 7) is 2.84. The molecule has 0 spiro atoms. The van der Waals surface area contributed by atoms with Gasteiger partial charge < -0.3 is 15.7 Å². The SMILES string of the molecule is CC(=O)N1CCC(C(CC(N)Cc2ccc(-c3ccccc3)cc2)C(=O)O)CC1. The highest BCUT2D eigenvalue weighted by atomic mass is 16.4. The zero-order valence-corrected chi connectivity index (χ0v) is 17.0. The third-order valence-corrected chi connectivity index (χ3v) is 5.99. The molecule has 0 bridgehead atoms. The lowest BCUT2D eigenvalue weighted by Crippen LogP contribution is -2.42. The van der Waals surface area contributed by atoms with Crippen LogP contribution in [0.5, 0.6) is 0 Å². The molecule has 0 aliphatic carbocycles. The first-order valence-electron chi connectivity index (χ1n) is 10.3. The highest BCUT2D eigenvalue weighted by Crippen LogP contribution is 2.29. The molecule has 1 amide bonds. The van der Waals surface area contributed by atoms with Gasteiger partial charge in [-0.05, 0) is 48.3 Å². The number of hydrogen-bond donors (Lipinski definition) is 2. The van der Waals surface area contributed by atoms with Crippen LogP contribution in [0.15, 0.2) is 54.6 Å². The molecule has 1 fully saturated rings. The Kier molecular flexibility index (Phi) is 7.04. The quantitative estimate of drug-likeness (QED) is 0.752. The predicted octanol–water partition coefficient (Wildman–Crippen LogP) is 3.57. The number of piperidine rings is 1. The third kappa shape index (κ3) is 5.67. The molecule has 2 aromatic rings. The highest BCUT2D eigenvalue weighted by Gasteiger charge is 2.33. The fourth-order valence-electron chi connectivity index (χ4n) is 4.29. The molecular weight excluding hydrogens is 364 g/mol. The predicted molar refractivity (Wildman–Crippen MR) is 114 cm³/mol. The van der Waals surface area contributed by atoms with Crippen LogP contribution in [0.4, 0.5) is 0 Å². The van der Waals surface area contributed by atoms with Gasteiger partial charge in [-0.2, -0.15) is 0 Å². The summed E-state index contributed by atoms with van der Waals surface area (Å²) in [4.78, 5) is 25.2. The van der Waals surface area contributed by atoms with Crippen LogP contribution in [0.3, 0.4) is 0 Å². The Morgan fingerprint density at radius 3 is 2.17 bits per heavy atom. The molecule has 0 aromatic heterocycles. The van der Waals surface area contributed by atoms with Gasteiger partial charge in [-0.25, -0.2) is 0 Å². The smallest absolute Gasteiger partial charge is 0.306 e. The summed E-state index contributed by atoms with van der Waals surface area (Å²) in [5.41, 5.74) is 9.79. The molecule has 1 saturated heterocycles. The topological polar surface area (TPSA) is 83.6 Å². The fraction of sp³-hybridized carbons (Fsp3) is 0.417. The number of aliphatic carboxylic acids is 1. The van der Waals surface area contributed by atoms with Crippen LogP contribution < -0.4 is 5.73 Å². The first kappa shape index (κ1) is 21.1. The second-order valence-corrected chi connectivity index (χ2v) is 8.05. The molecule has 3 N–H and O–H groups in total. The third-order valence-electron chi connectivity index (χ3n) is 5.99. The van der Waals surface area contributed by atoms with E-state index < -0.39 is 11.9 Å². The van der Waals surface area contributed by atoms with Crippen molar-refractivity contribution in [1.29, 1.82) is 0 Å². The van der Waals surface area contributed by atoms with Crippen molar-refractivity contribution >= 4 is 11.9 Å². The Hall–Kier alpha value is -2.66. The van der Waals surface area contributed by atoms with E-state index in [4.69, 9.17) is 5.73 Å². The van der Waals surface area contributed by atoms with E-state index in [1.165, 1.54) is 5.56 Å². The number of carbonyl (C=O) groups is 2. The van der Waals surface area contributed by atoms with E-state index in [0.29, 0.717) is 25.9 Å². The van der Waals surface area contributed by atoms with E-state index in [-0.39, 0.29) is 17.9 Å². The van der Waals surface area contributed by atoms with Gasteiger partial charge in [-0.3, -0.25) is 9.59 Å². The van der Waals surface area contributed by atoms with E-state index >= 15 is 0 Å². The molecule has 1 aliphatic rings. The van der Waals surface area contributed by atoms with Crippen LogP contribution in [0, 0.1) is 11.8 Å². The van der Waals surface area contributed by atoms with Crippen LogP contribution in [-0.4, -0.2) is 41.0 Å². The maximum absolute atomic E-state index is 11.9. The summed E-state index contributed by atoms with van der Waals surface area (Å²) in [5, 5.41) is 9.74. The average molecular weight is 395 g/mol. The largest absolute Gasteiger partial charge is 0.481 e. The Labute approximate surface area is 172 Å². The van der Waals surface area contributed by atoms with Crippen LogP contribution in [0.1, 0.15) is 31.7 Å². The van der Waals surface area contributed by atoms with E-state index in [1.54, 1.807) is 11.8 Å². The lowest BCUT2D eigenvalue weighted by Gasteiger charge is -2.35. The van der Waals surface area contributed by atoms with Gasteiger partial charge in [0.1, 0.15) is 0 Å². The molecule has 5 nitrogen and oxygen atoms in total. The molecule has 29 heavy (non-hydrogen) atoms. The Morgan fingerprint density at radius 2 is 1.62 bits per heavy atom. The minimum Gasteiger partial charge on any atom is -0.481 e. The van der Waals surface area contributed by atoms with Gasteiger partial charge in [-0.15, -0.1) is 0 Å². The van der Waals surface area contributed by atoms with Crippen molar-refractivity contribution in [2.45, 2.75) is 38.6 Å². The molecular formula is C24H30N2O3. The van der Waals surface area contributed by atoms with Crippen LogP contribution in [0.25, 0.3) is 11.1 Å². The molecule has 1 aliphatic heterocycles.